The number of hydrogen-bond acceptors (Lipinski definition) is 8. The normalized spacial score (nSPS) is 22.2. The summed E-state index contributed by atoms with van der Waals surface area (Å²) in [5.41, 5.74) is 0.612. The smallest absolute Gasteiger partial charge is 0.267 e. The summed E-state index contributed by atoms with van der Waals surface area (Å²) in [4.78, 5) is 14.7. The molecule has 1 aromatic carbocycles. The number of aliphatic hydroxyl groups is 1. The topological polar surface area (TPSA) is 94.0 Å². The second kappa shape index (κ2) is 7.08. The number of aliphatic hydroxyl groups excluding tert-OH is 1. The van der Waals surface area contributed by atoms with Gasteiger partial charge in [-0.05, 0) is 30.6 Å². The van der Waals surface area contributed by atoms with E-state index in [1.165, 1.54) is 0 Å². The van der Waals surface area contributed by atoms with Gasteiger partial charge in [0.25, 0.3) is 5.91 Å². The van der Waals surface area contributed by atoms with Crippen LogP contribution in [0, 0.1) is 6.92 Å². The van der Waals surface area contributed by atoms with Crippen LogP contribution in [0.2, 0.25) is 0 Å². The van der Waals surface area contributed by atoms with Gasteiger partial charge < -0.3 is 24.2 Å². The van der Waals surface area contributed by atoms with E-state index < -0.39 is 12.2 Å². The van der Waals surface area contributed by atoms with Crippen molar-refractivity contribution in [3.05, 3.63) is 28.8 Å². The van der Waals surface area contributed by atoms with Crippen LogP contribution in [0.4, 0.5) is 0 Å². The lowest BCUT2D eigenvalue weighted by molar-refractivity contribution is -0.0213. The van der Waals surface area contributed by atoms with Crippen LogP contribution in [-0.2, 0) is 0 Å². The molecule has 3 heterocycles. The first-order valence-corrected chi connectivity index (χ1v) is 9.22. The number of likely N-dealkylation sites (tertiary alicyclic amines) is 1. The molecule has 4 rings (SSSR count). The van der Waals surface area contributed by atoms with E-state index in [4.69, 9.17) is 14.2 Å². The molecular weight excluding hydrogens is 358 g/mol. The minimum atomic E-state index is -0.797. The third-order valence-corrected chi connectivity index (χ3v) is 5.28. The third-order valence-electron chi connectivity index (χ3n) is 4.46. The fourth-order valence-electron chi connectivity index (χ4n) is 3.11. The Kier molecular flexibility index (Phi) is 4.64. The molecule has 0 aliphatic carbocycles. The number of β-amino-alcohol motifs (C(OH)–C–C–N with tert-alkyl or cyclic N) is 1. The SMILES string of the molecule is Cc1nnsc1C(=O)N1CC[C@@H](Oc2cccc3c2OCCO3)[C@H](O)C1. The monoisotopic (exact) mass is 377 g/mol. The number of benzene rings is 1. The van der Waals surface area contributed by atoms with Gasteiger partial charge in [-0.25, -0.2) is 0 Å². The van der Waals surface area contributed by atoms with E-state index in [0.29, 0.717) is 54.0 Å². The van der Waals surface area contributed by atoms with Gasteiger partial charge in [0.15, 0.2) is 11.5 Å². The number of carbonyl (C=O) groups excluding carboxylic acids is 1. The Balaban J connectivity index is 1.44. The number of ether oxygens (including phenoxy) is 3. The molecule has 0 saturated carbocycles. The molecule has 0 spiro atoms. The molecule has 1 fully saturated rings. The van der Waals surface area contributed by atoms with Crippen LogP contribution in [0.1, 0.15) is 21.8 Å². The van der Waals surface area contributed by atoms with Crippen LogP contribution in [0.25, 0.3) is 0 Å². The van der Waals surface area contributed by atoms with Crippen molar-refractivity contribution in [1.82, 2.24) is 14.5 Å². The highest BCUT2D eigenvalue weighted by atomic mass is 32.1. The minimum Gasteiger partial charge on any atom is -0.486 e. The number of piperidine rings is 1. The van der Waals surface area contributed by atoms with Gasteiger partial charge in [-0.15, -0.1) is 5.10 Å². The predicted molar refractivity (Wildman–Crippen MR) is 93.0 cm³/mol. The first kappa shape index (κ1) is 17.0. The van der Waals surface area contributed by atoms with E-state index in [-0.39, 0.29) is 12.5 Å². The van der Waals surface area contributed by atoms with Crippen LogP contribution >= 0.6 is 11.5 Å². The predicted octanol–water partition coefficient (Wildman–Crippen LogP) is 1.27. The molecule has 26 heavy (non-hydrogen) atoms. The zero-order chi connectivity index (χ0) is 18.1. The molecule has 1 saturated heterocycles. The zero-order valence-corrected chi connectivity index (χ0v) is 15.1. The second-order valence-corrected chi connectivity index (χ2v) is 6.99. The Morgan fingerprint density at radius 3 is 3.00 bits per heavy atom. The highest BCUT2D eigenvalue weighted by molar-refractivity contribution is 7.07. The Bertz CT molecular complexity index is 811. The summed E-state index contributed by atoms with van der Waals surface area (Å²) < 4.78 is 21.0. The molecule has 1 N–H and O–H groups in total. The number of carbonyl (C=O) groups is 1. The molecule has 0 unspecified atom stereocenters. The standard InChI is InChI=1S/C17H19N3O5S/c1-10-16(26-19-18-10)17(22)20-6-5-12(11(21)9-20)25-14-4-2-3-13-15(14)24-8-7-23-13/h2-4,11-12,21H,5-9H2,1H3/t11-,12-/m1/s1. The Morgan fingerprint density at radius 2 is 2.23 bits per heavy atom. The number of nitrogens with zero attached hydrogens (tertiary/aromatic N) is 3. The molecule has 1 amide bonds. The first-order chi connectivity index (χ1) is 12.6. The van der Waals surface area contributed by atoms with Crippen molar-refractivity contribution in [1.29, 1.82) is 0 Å². The molecule has 8 nitrogen and oxygen atoms in total. The van der Waals surface area contributed by atoms with Crippen molar-refractivity contribution < 1.29 is 24.1 Å². The van der Waals surface area contributed by atoms with Gasteiger partial charge in [0, 0.05) is 13.0 Å². The molecule has 2 aliphatic rings. The quantitative estimate of drug-likeness (QED) is 0.861. The number of amides is 1. The van der Waals surface area contributed by atoms with Crippen LogP contribution in [-0.4, -0.2) is 64.0 Å². The number of aromatic nitrogens is 2. The second-order valence-electron chi connectivity index (χ2n) is 6.23. The van der Waals surface area contributed by atoms with E-state index >= 15 is 0 Å². The van der Waals surface area contributed by atoms with E-state index in [1.807, 2.05) is 12.1 Å². The molecule has 138 valence electrons. The fourth-order valence-corrected chi connectivity index (χ4v) is 3.73. The van der Waals surface area contributed by atoms with Gasteiger partial charge >= 0.3 is 0 Å². The Morgan fingerprint density at radius 1 is 1.38 bits per heavy atom. The number of aryl methyl sites for hydroxylation is 1. The third kappa shape index (κ3) is 3.19. The summed E-state index contributed by atoms with van der Waals surface area (Å²) >= 11 is 1.08. The van der Waals surface area contributed by atoms with Crippen LogP contribution in [0.3, 0.4) is 0 Å². The molecular formula is C17H19N3O5S. The number of hydrogen-bond donors (Lipinski definition) is 1. The Labute approximate surface area is 154 Å². The van der Waals surface area contributed by atoms with Gasteiger partial charge in [-0.1, -0.05) is 10.6 Å². The van der Waals surface area contributed by atoms with E-state index in [1.54, 1.807) is 17.9 Å². The maximum absolute atomic E-state index is 12.6. The van der Waals surface area contributed by atoms with Gasteiger partial charge in [-0.2, -0.15) is 0 Å². The Hall–Kier alpha value is -2.39. The number of rotatable bonds is 3. The first-order valence-electron chi connectivity index (χ1n) is 8.45. The lowest BCUT2D eigenvalue weighted by atomic mass is 10.0. The summed E-state index contributed by atoms with van der Waals surface area (Å²) in [6, 6.07) is 5.45. The zero-order valence-electron chi connectivity index (χ0n) is 14.3. The van der Waals surface area contributed by atoms with Gasteiger partial charge in [0.2, 0.25) is 5.75 Å². The highest BCUT2D eigenvalue weighted by Gasteiger charge is 2.34. The van der Waals surface area contributed by atoms with Gasteiger partial charge in [0.05, 0.1) is 12.2 Å². The average Bonchev–Trinajstić information content (AvgIpc) is 3.09. The van der Waals surface area contributed by atoms with Crippen molar-refractivity contribution in [2.45, 2.75) is 25.6 Å². The van der Waals surface area contributed by atoms with Crippen LogP contribution in [0.5, 0.6) is 17.2 Å². The summed E-state index contributed by atoms with van der Waals surface area (Å²) in [7, 11) is 0. The summed E-state index contributed by atoms with van der Waals surface area (Å²) in [6.45, 7) is 3.41. The molecule has 0 bridgehead atoms. The maximum atomic E-state index is 12.6. The summed E-state index contributed by atoms with van der Waals surface area (Å²) in [6.07, 6.45) is -0.700. The van der Waals surface area contributed by atoms with Crippen molar-refractivity contribution in [3.63, 3.8) is 0 Å². The fraction of sp³-hybridized carbons (Fsp3) is 0.471. The maximum Gasteiger partial charge on any atom is 0.267 e. The van der Waals surface area contributed by atoms with Gasteiger partial charge in [0.1, 0.15) is 30.3 Å². The lowest BCUT2D eigenvalue weighted by Gasteiger charge is -2.36. The van der Waals surface area contributed by atoms with Crippen molar-refractivity contribution >= 4 is 17.4 Å². The largest absolute Gasteiger partial charge is 0.486 e. The lowest BCUT2D eigenvalue weighted by Crippen LogP contribution is -2.51. The highest BCUT2D eigenvalue weighted by Crippen LogP contribution is 2.40. The van der Waals surface area contributed by atoms with Crippen LogP contribution < -0.4 is 14.2 Å². The molecule has 9 heteroatoms. The minimum absolute atomic E-state index is 0.149. The molecule has 2 aromatic rings. The van der Waals surface area contributed by atoms with E-state index in [2.05, 4.69) is 9.59 Å². The van der Waals surface area contributed by atoms with Crippen molar-refractivity contribution in [2.75, 3.05) is 26.3 Å². The summed E-state index contributed by atoms with van der Waals surface area (Å²) in [5, 5.41) is 14.4. The van der Waals surface area contributed by atoms with Gasteiger partial charge in [-0.3, -0.25) is 4.79 Å². The summed E-state index contributed by atoms with van der Waals surface area (Å²) in [5.74, 6) is 1.61. The van der Waals surface area contributed by atoms with Crippen LogP contribution in [0.15, 0.2) is 18.2 Å². The number of para-hydroxylation sites is 1. The molecule has 2 aliphatic heterocycles. The molecule has 2 atom stereocenters. The van der Waals surface area contributed by atoms with Crippen molar-refractivity contribution in [2.24, 2.45) is 0 Å². The van der Waals surface area contributed by atoms with E-state index in [9.17, 15) is 9.90 Å². The van der Waals surface area contributed by atoms with Crippen molar-refractivity contribution in [3.8, 4) is 17.2 Å². The van der Waals surface area contributed by atoms with E-state index in [0.717, 1.165) is 11.5 Å². The molecule has 1 aromatic heterocycles. The molecule has 0 radical (unpaired) electrons. The average molecular weight is 377 g/mol. The number of fused-ring (bicyclic) bond motifs is 1.